The number of aliphatic imine (C=N–C) groups is 1. The average Bonchev–Trinajstić information content (AvgIpc) is 3.07. The van der Waals surface area contributed by atoms with Gasteiger partial charge in [0.15, 0.2) is 12.4 Å². The summed E-state index contributed by atoms with van der Waals surface area (Å²) < 4.78 is 31.9. The van der Waals surface area contributed by atoms with Crippen LogP contribution in [0.5, 0.6) is 0 Å². The Labute approximate surface area is 196 Å². The number of benzene rings is 2. The van der Waals surface area contributed by atoms with Crippen LogP contribution in [0.2, 0.25) is 0 Å². The van der Waals surface area contributed by atoms with Crippen molar-refractivity contribution >= 4 is 39.4 Å². The molecule has 3 aromatic rings. The van der Waals surface area contributed by atoms with Gasteiger partial charge in [0.25, 0.3) is 10.0 Å². The largest absolute Gasteiger partial charge is 0.457 e. The van der Waals surface area contributed by atoms with Crippen LogP contribution >= 0.6 is 0 Å². The molecule has 0 atom stereocenters. The number of ether oxygens (including phenoxy) is 1. The molecule has 0 aliphatic carbocycles. The first-order valence-corrected chi connectivity index (χ1v) is 12.0. The number of nitrogens with zero attached hydrogens (tertiary/aromatic N) is 4. The highest BCUT2D eigenvalue weighted by molar-refractivity contribution is 7.90. The third kappa shape index (κ3) is 5.46. The molecular formula is C22H23N7O4S. The maximum absolute atomic E-state index is 12.1. The molecule has 0 amide bonds. The molecule has 0 saturated carbocycles. The molecule has 1 aliphatic heterocycles. The number of esters is 1. The van der Waals surface area contributed by atoms with Gasteiger partial charge >= 0.3 is 5.97 Å². The zero-order valence-electron chi connectivity index (χ0n) is 18.4. The number of carbonyl (C=O) groups excluding carboxylic acids is 1. The minimum atomic E-state index is -3.58. The van der Waals surface area contributed by atoms with Crippen molar-refractivity contribution in [3.63, 3.8) is 0 Å². The maximum atomic E-state index is 12.1. The zero-order valence-corrected chi connectivity index (χ0v) is 19.2. The Bertz CT molecular complexity index is 1360. The number of aryl methyl sites for hydroxylation is 1. The lowest BCUT2D eigenvalue weighted by atomic mass is 10.2. The van der Waals surface area contributed by atoms with Crippen LogP contribution in [0.4, 0.5) is 17.6 Å². The van der Waals surface area contributed by atoms with Crippen LogP contribution in [-0.4, -0.2) is 41.7 Å². The quantitative estimate of drug-likeness (QED) is 0.323. The standard InChI is InChI=1S/C22H23N7O4S/c1-14-7-2-4-9-16(14)25-22-27-18(26-21(23)28-22)13-33-19(30)11-6-12-24-20-15-8-3-5-10-17(15)34(31,32)29-20/h2-5,7-10H,6,11-13H2,1H3,(H,24,29)(H3,23,25,26,27,28). The third-order valence-electron chi connectivity index (χ3n) is 4.92. The van der Waals surface area contributed by atoms with Gasteiger partial charge in [0.1, 0.15) is 5.84 Å². The number of hydrogen-bond acceptors (Lipinski definition) is 10. The summed E-state index contributed by atoms with van der Waals surface area (Å²) in [5.74, 6) is 0.294. The van der Waals surface area contributed by atoms with Crippen molar-refractivity contribution in [3.05, 3.63) is 65.5 Å². The number of sulfonamides is 1. The summed E-state index contributed by atoms with van der Waals surface area (Å²) in [5, 5.41) is 3.08. The van der Waals surface area contributed by atoms with E-state index in [9.17, 15) is 13.2 Å². The molecule has 1 aliphatic rings. The molecular weight excluding hydrogens is 458 g/mol. The number of para-hydroxylation sites is 1. The van der Waals surface area contributed by atoms with Gasteiger partial charge < -0.3 is 15.8 Å². The molecule has 4 N–H and O–H groups in total. The molecule has 1 aromatic heterocycles. The number of aromatic nitrogens is 3. The summed E-state index contributed by atoms with van der Waals surface area (Å²) in [5.41, 5.74) is 8.11. The van der Waals surface area contributed by atoms with E-state index in [2.05, 4.69) is 30.0 Å². The second-order valence-electron chi connectivity index (χ2n) is 7.47. The first kappa shape index (κ1) is 23.1. The van der Waals surface area contributed by atoms with Gasteiger partial charge in [0.05, 0.1) is 4.90 Å². The van der Waals surface area contributed by atoms with Crippen molar-refractivity contribution in [1.29, 1.82) is 0 Å². The number of carbonyl (C=O) groups is 1. The van der Waals surface area contributed by atoms with E-state index >= 15 is 0 Å². The van der Waals surface area contributed by atoms with Crippen LogP contribution in [0.1, 0.15) is 29.8 Å². The van der Waals surface area contributed by atoms with Crippen molar-refractivity contribution in [2.75, 3.05) is 17.6 Å². The second kappa shape index (κ2) is 9.83. The highest BCUT2D eigenvalue weighted by atomic mass is 32.2. The van der Waals surface area contributed by atoms with Gasteiger partial charge in [-0.3, -0.25) is 14.5 Å². The summed E-state index contributed by atoms with van der Waals surface area (Å²) in [6.45, 7) is 2.04. The first-order valence-electron chi connectivity index (χ1n) is 10.5. The summed E-state index contributed by atoms with van der Waals surface area (Å²) in [6, 6.07) is 14.2. The van der Waals surface area contributed by atoms with Gasteiger partial charge in [-0.15, -0.1) is 0 Å². The molecule has 4 rings (SSSR count). The SMILES string of the molecule is Cc1ccccc1Nc1nc(N)nc(COC(=O)CCCN=C2NS(=O)(=O)c3ccccc32)n1. The molecule has 0 spiro atoms. The fourth-order valence-corrected chi connectivity index (χ4v) is 4.53. The Balaban J connectivity index is 1.28. The van der Waals surface area contributed by atoms with Crippen molar-refractivity contribution in [2.24, 2.45) is 4.99 Å². The molecule has 176 valence electrons. The Morgan fingerprint density at radius 2 is 1.88 bits per heavy atom. The van der Waals surface area contributed by atoms with Crippen molar-refractivity contribution in [1.82, 2.24) is 19.7 Å². The third-order valence-corrected chi connectivity index (χ3v) is 6.32. The Hall–Kier alpha value is -4.06. The predicted octanol–water partition coefficient (Wildman–Crippen LogP) is 2.07. The Morgan fingerprint density at radius 3 is 2.71 bits per heavy atom. The number of fused-ring (bicyclic) bond motifs is 1. The number of anilines is 3. The van der Waals surface area contributed by atoms with Crippen LogP contribution in [0, 0.1) is 6.92 Å². The van der Waals surface area contributed by atoms with Crippen LogP contribution in [0.25, 0.3) is 0 Å². The fraction of sp³-hybridized carbons (Fsp3) is 0.227. The lowest BCUT2D eigenvalue weighted by molar-refractivity contribution is -0.145. The number of nitrogens with one attached hydrogen (secondary N) is 2. The fourth-order valence-electron chi connectivity index (χ4n) is 3.27. The summed E-state index contributed by atoms with van der Waals surface area (Å²) in [4.78, 5) is 28.9. The number of rotatable bonds is 8. The van der Waals surface area contributed by atoms with E-state index in [1.54, 1.807) is 18.2 Å². The van der Waals surface area contributed by atoms with E-state index in [1.807, 2.05) is 31.2 Å². The van der Waals surface area contributed by atoms with Crippen LogP contribution in [0.15, 0.2) is 58.4 Å². The monoisotopic (exact) mass is 481 g/mol. The van der Waals surface area contributed by atoms with Gasteiger partial charge in [-0.1, -0.05) is 30.3 Å². The average molecular weight is 482 g/mol. The summed E-state index contributed by atoms with van der Waals surface area (Å²) >= 11 is 0. The summed E-state index contributed by atoms with van der Waals surface area (Å²) in [6.07, 6.45) is 0.478. The smallest absolute Gasteiger partial charge is 0.306 e. The number of hydrogen-bond donors (Lipinski definition) is 3. The highest BCUT2D eigenvalue weighted by Crippen LogP contribution is 2.22. The van der Waals surface area contributed by atoms with E-state index in [0.717, 1.165) is 11.3 Å². The molecule has 11 nitrogen and oxygen atoms in total. The molecule has 0 fully saturated rings. The Kier molecular flexibility index (Phi) is 6.68. The van der Waals surface area contributed by atoms with E-state index in [4.69, 9.17) is 10.5 Å². The Morgan fingerprint density at radius 1 is 1.12 bits per heavy atom. The van der Waals surface area contributed by atoms with E-state index in [1.165, 1.54) is 6.07 Å². The molecule has 2 heterocycles. The van der Waals surface area contributed by atoms with Crippen LogP contribution < -0.4 is 15.8 Å². The van der Waals surface area contributed by atoms with Crippen molar-refractivity contribution in [3.8, 4) is 0 Å². The van der Waals surface area contributed by atoms with Crippen LogP contribution in [0.3, 0.4) is 0 Å². The number of nitrogen functional groups attached to an aromatic ring is 1. The van der Waals surface area contributed by atoms with E-state index < -0.39 is 16.0 Å². The molecule has 34 heavy (non-hydrogen) atoms. The molecule has 0 radical (unpaired) electrons. The minimum Gasteiger partial charge on any atom is -0.457 e. The molecule has 0 bridgehead atoms. The highest BCUT2D eigenvalue weighted by Gasteiger charge is 2.29. The van der Waals surface area contributed by atoms with Crippen molar-refractivity contribution < 1.29 is 17.9 Å². The number of amidine groups is 1. The van der Waals surface area contributed by atoms with Gasteiger partial charge in [-0.25, -0.2) is 8.42 Å². The summed E-state index contributed by atoms with van der Waals surface area (Å²) in [7, 11) is -3.58. The maximum Gasteiger partial charge on any atom is 0.306 e. The molecule has 0 unspecified atom stereocenters. The molecule has 12 heteroatoms. The second-order valence-corrected chi connectivity index (χ2v) is 9.12. The van der Waals surface area contributed by atoms with Crippen molar-refractivity contribution in [2.45, 2.75) is 31.3 Å². The molecule has 2 aromatic carbocycles. The van der Waals surface area contributed by atoms with Gasteiger partial charge in [0.2, 0.25) is 11.9 Å². The van der Waals surface area contributed by atoms with Gasteiger partial charge in [-0.05, 0) is 37.1 Å². The topological polar surface area (TPSA) is 162 Å². The molecule has 0 saturated heterocycles. The van der Waals surface area contributed by atoms with Crippen LogP contribution in [-0.2, 0) is 26.2 Å². The van der Waals surface area contributed by atoms with Gasteiger partial charge in [0, 0.05) is 24.2 Å². The van der Waals surface area contributed by atoms with E-state index in [0.29, 0.717) is 12.0 Å². The zero-order chi connectivity index (χ0) is 24.1. The normalized spacial score (nSPS) is 14.9. The van der Waals surface area contributed by atoms with E-state index in [-0.39, 0.29) is 48.0 Å². The number of nitrogens with two attached hydrogens (primary N) is 1. The lowest BCUT2D eigenvalue weighted by Crippen LogP contribution is -2.22. The lowest BCUT2D eigenvalue weighted by Gasteiger charge is -2.09. The van der Waals surface area contributed by atoms with Gasteiger partial charge in [-0.2, -0.15) is 15.0 Å². The first-order chi connectivity index (χ1) is 16.3. The predicted molar refractivity (Wildman–Crippen MR) is 126 cm³/mol. The minimum absolute atomic E-state index is 0.00672.